The van der Waals surface area contributed by atoms with E-state index in [1.54, 1.807) is 0 Å². The highest BCUT2D eigenvalue weighted by molar-refractivity contribution is 5.14. The molecule has 0 amide bonds. The minimum absolute atomic E-state index is 0. The Morgan fingerprint density at radius 3 is 2.30 bits per heavy atom. The number of H-pyrrole nitrogens is 1. The second-order valence-electron chi connectivity index (χ2n) is 2.04. The number of hydrogen-bond donors (Lipinski definition) is 1. The summed E-state index contributed by atoms with van der Waals surface area (Å²) in [6.07, 6.45) is 3.18. The molecule has 0 saturated heterocycles. The van der Waals surface area contributed by atoms with Crippen LogP contribution in [0.2, 0.25) is 0 Å². The van der Waals surface area contributed by atoms with Gasteiger partial charge in [-0.3, -0.25) is 0 Å². The molecule has 0 atom stereocenters. The first kappa shape index (κ1) is 9.28. The molecule has 0 aliphatic carbocycles. The zero-order valence-electron chi connectivity index (χ0n) is 7.36. The Labute approximate surface area is 65.0 Å². The molecule has 1 aromatic rings. The van der Waals surface area contributed by atoms with Gasteiger partial charge in [0.2, 0.25) is 0 Å². The van der Waals surface area contributed by atoms with Crippen molar-refractivity contribution in [2.45, 2.75) is 34.1 Å². The van der Waals surface area contributed by atoms with Crippen LogP contribution in [0.4, 0.5) is 0 Å². The van der Waals surface area contributed by atoms with E-state index in [9.17, 15) is 0 Å². The molecule has 1 heteroatoms. The lowest BCUT2D eigenvalue weighted by Crippen LogP contribution is -1.67. The molecule has 0 radical (unpaired) electrons. The van der Waals surface area contributed by atoms with Gasteiger partial charge >= 0.3 is 0 Å². The van der Waals surface area contributed by atoms with E-state index in [4.69, 9.17) is 0 Å². The average molecular weight is 141 g/mol. The van der Waals surface area contributed by atoms with Crippen LogP contribution in [0.15, 0.2) is 12.3 Å². The lowest BCUT2D eigenvalue weighted by atomic mass is 10.2. The molecule has 0 aliphatic heterocycles. The van der Waals surface area contributed by atoms with Crippen LogP contribution in [0, 0.1) is 6.92 Å². The lowest BCUT2D eigenvalue weighted by Gasteiger charge is -1.79. The molecule has 0 unspecified atom stereocenters. The molecule has 1 N–H and O–H groups in total. The molecule has 60 valence electrons. The van der Waals surface area contributed by atoms with Crippen LogP contribution < -0.4 is 0 Å². The van der Waals surface area contributed by atoms with E-state index in [0.717, 1.165) is 6.42 Å². The summed E-state index contributed by atoms with van der Waals surface area (Å²) in [6.45, 7) is 8.22. The van der Waals surface area contributed by atoms with Crippen molar-refractivity contribution in [2.24, 2.45) is 0 Å². The summed E-state index contributed by atoms with van der Waals surface area (Å²) in [5, 5.41) is 0. The summed E-state index contributed by atoms with van der Waals surface area (Å²) < 4.78 is 0. The number of aromatic amines is 1. The summed E-state index contributed by atoms with van der Waals surface area (Å²) in [5.74, 6) is 0. The van der Waals surface area contributed by atoms with Crippen molar-refractivity contribution < 1.29 is 1.43 Å². The third kappa shape index (κ3) is 2.72. The van der Waals surface area contributed by atoms with Crippen molar-refractivity contribution in [1.82, 2.24) is 4.98 Å². The van der Waals surface area contributed by atoms with Gasteiger partial charge in [-0.1, -0.05) is 20.8 Å². The molecule has 1 aromatic heterocycles. The molecule has 1 heterocycles. The zero-order chi connectivity index (χ0) is 7.98. The lowest BCUT2D eigenvalue weighted by molar-refractivity contribution is 1.14. The van der Waals surface area contributed by atoms with E-state index < -0.39 is 0 Å². The summed E-state index contributed by atoms with van der Waals surface area (Å²) in [7, 11) is 0. The van der Waals surface area contributed by atoms with Crippen molar-refractivity contribution in [3.63, 3.8) is 0 Å². The van der Waals surface area contributed by atoms with Gasteiger partial charge in [0.25, 0.3) is 0 Å². The fourth-order valence-electron chi connectivity index (χ4n) is 0.772. The Bertz CT molecular complexity index is 170. The van der Waals surface area contributed by atoms with Gasteiger partial charge in [-0.25, -0.2) is 0 Å². The molecule has 1 nitrogen and oxygen atoms in total. The van der Waals surface area contributed by atoms with Gasteiger partial charge < -0.3 is 4.98 Å². The predicted octanol–water partition coefficient (Wildman–Crippen LogP) is 3.16. The minimum Gasteiger partial charge on any atom is -0.365 e. The first-order valence-electron chi connectivity index (χ1n) is 3.97. The van der Waals surface area contributed by atoms with Crippen LogP contribution in [0.3, 0.4) is 0 Å². The second kappa shape index (κ2) is 5.10. The maximum Gasteiger partial charge on any atom is 0.0118 e. The largest absolute Gasteiger partial charge is 0.365 e. The van der Waals surface area contributed by atoms with Crippen LogP contribution in [-0.4, -0.2) is 4.98 Å². The monoisotopic (exact) mass is 141 g/mol. The smallest absolute Gasteiger partial charge is 0.0118 e. The number of aryl methyl sites for hydroxylation is 2. The van der Waals surface area contributed by atoms with Crippen LogP contribution in [0.25, 0.3) is 0 Å². The van der Waals surface area contributed by atoms with Gasteiger partial charge in [-0.2, -0.15) is 0 Å². The topological polar surface area (TPSA) is 15.8 Å². The number of hydrogen-bond acceptors (Lipinski definition) is 0. The molecular weight excluding hydrogens is 122 g/mol. The highest BCUT2D eigenvalue weighted by Crippen LogP contribution is 2.00. The van der Waals surface area contributed by atoms with E-state index >= 15 is 0 Å². The van der Waals surface area contributed by atoms with Crippen LogP contribution in [0.5, 0.6) is 0 Å². The normalized spacial score (nSPS) is 8.40. The third-order valence-electron chi connectivity index (χ3n) is 1.30. The van der Waals surface area contributed by atoms with Gasteiger partial charge in [-0.15, -0.1) is 0 Å². The minimum atomic E-state index is 0. The summed E-state index contributed by atoms with van der Waals surface area (Å²) in [5.41, 5.74) is 2.64. The van der Waals surface area contributed by atoms with Gasteiger partial charge in [0.1, 0.15) is 0 Å². The van der Waals surface area contributed by atoms with Gasteiger partial charge in [0, 0.05) is 13.3 Å². The summed E-state index contributed by atoms with van der Waals surface area (Å²) in [4.78, 5) is 3.12. The van der Waals surface area contributed by atoms with E-state index in [1.807, 2.05) is 13.8 Å². The van der Waals surface area contributed by atoms with Crippen LogP contribution in [-0.2, 0) is 6.42 Å². The van der Waals surface area contributed by atoms with Crippen molar-refractivity contribution in [2.75, 3.05) is 0 Å². The predicted molar refractivity (Wildman–Crippen MR) is 48.4 cm³/mol. The number of aromatic nitrogens is 1. The molecule has 0 bridgehead atoms. The quantitative estimate of drug-likeness (QED) is 0.618. The summed E-state index contributed by atoms with van der Waals surface area (Å²) in [6, 6.07) is 2.17. The van der Waals surface area contributed by atoms with Gasteiger partial charge in [0.15, 0.2) is 0 Å². The Morgan fingerprint density at radius 2 is 2.10 bits per heavy atom. The molecule has 0 fully saturated rings. The average Bonchev–Trinajstić information content (AvgIpc) is 2.40. The van der Waals surface area contributed by atoms with Crippen LogP contribution >= 0.6 is 0 Å². The first-order valence-corrected chi connectivity index (χ1v) is 3.97. The third-order valence-corrected chi connectivity index (χ3v) is 1.30. The SMILES string of the molecule is CC.CCc1c[nH]c(C)c1.[HH]. The highest BCUT2D eigenvalue weighted by atomic mass is 14.7. The van der Waals surface area contributed by atoms with E-state index in [2.05, 4.69) is 31.1 Å². The second-order valence-corrected chi connectivity index (χ2v) is 2.04. The molecule has 0 aliphatic rings. The fraction of sp³-hybridized carbons (Fsp3) is 0.556. The van der Waals surface area contributed by atoms with Crippen LogP contribution in [0.1, 0.15) is 33.5 Å². The fourth-order valence-corrected chi connectivity index (χ4v) is 0.772. The van der Waals surface area contributed by atoms with Gasteiger partial charge in [-0.05, 0) is 25.0 Å². The molecule has 0 aromatic carbocycles. The number of rotatable bonds is 1. The van der Waals surface area contributed by atoms with E-state index in [0.29, 0.717) is 0 Å². The first-order chi connectivity index (χ1) is 4.83. The molecule has 1 rings (SSSR count). The Hall–Kier alpha value is -0.720. The Balaban J connectivity index is 0. The summed E-state index contributed by atoms with van der Waals surface area (Å²) >= 11 is 0. The standard InChI is InChI=1S/C7H11N.C2H6.H2/c1-3-7-4-6(2)8-5-7;1-2;/h4-5,8H,3H2,1-2H3;1-2H3;1H. The molecule has 0 saturated carbocycles. The number of nitrogens with one attached hydrogen (secondary N) is 1. The maximum absolute atomic E-state index is 3.12. The Morgan fingerprint density at radius 1 is 1.50 bits per heavy atom. The van der Waals surface area contributed by atoms with Crippen molar-refractivity contribution in [3.8, 4) is 0 Å². The molecule has 0 spiro atoms. The molecule has 10 heavy (non-hydrogen) atoms. The van der Waals surface area contributed by atoms with Crippen molar-refractivity contribution >= 4 is 0 Å². The van der Waals surface area contributed by atoms with Gasteiger partial charge in [0.05, 0.1) is 0 Å². The maximum atomic E-state index is 3.12. The zero-order valence-corrected chi connectivity index (χ0v) is 7.36. The van der Waals surface area contributed by atoms with E-state index in [-0.39, 0.29) is 1.43 Å². The highest BCUT2D eigenvalue weighted by Gasteiger charge is 1.88. The Kier molecular flexibility index (Phi) is 4.73. The molecular formula is C9H19N. The van der Waals surface area contributed by atoms with Crippen molar-refractivity contribution in [3.05, 3.63) is 23.5 Å². The van der Waals surface area contributed by atoms with E-state index in [1.165, 1.54) is 11.3 Å². The van der Waals surface area contributed by atoms with Crippen molar-refractivity contribution in [1.29, 1.82) is 0 Å².